The molecule has 10 nitrogen and oxygen atoms in total. The number of carbonyl (C=O) groups is 3. The van der Waals surface area contributed by atoms with Crippen LogP contribution in [0.5, 0.6) is 11.5 Å². The lowest BCUT2D eigenvalue weighted by Gasteiger charge is -2.32. The number of aromatic nitrogens is 1. The summed E-state index contributed by atoms with van der Waals surface area (Å²) >= 11 is 0.793. The normalized spacial score (nSPS) is 14.0. The number of nitrogens with one attached hydrogen (secondary N) is 1. The van der Waals surface area contributed by atoms with Gasteiger partial charge in [-0.25, -0.2) is 0 Å². The summed E-state index contributed by atoms with van der Waals surface area (Å²) in [6.07, 6.45) is 4.32. The zero-order valence-corrected chi connectivity index (χ0v) is 23.8. The lowest BCUT2D eigenvalue weighted by atomic mass is 10.0. The van der Waals surface area contributed by atoms with Crippen LogP contribution in [0.1, 0.15) is 68.6 Å². The van der Waals surface area contributed by atoms with Crippen molar-refractivity contribution in [3.05, 3.63) is 69.7 Å². The molecule has 3 aromatic rings. The van der Waals surface area contributed by atoms with E-state index in [0.29, 0.717) is 23.5 Å². The number of methoxy groups -OCH3 is 2. The minimum absolute atomic E-state index is 0.0267. The molecule has 4 rings (SSSR count). The third-order valence-electron chi connectivity index (χ3n) is 7.13. The molecule has 0 saturated heterocycles. The fraction of sp³-hybridized carbons (Fsp3) is 0.379. The van der Waals surface area contributed by atoms with Gasteiger partial charge in [0.05, 0.1) is 19.9 Å². The SMILES string of the molecule is COc1ccc([C@H](C(=O)NC2CCCC2)N(CCc2cccc(C)c2)C(=O)c2snc(C(N)=O)c2N)cc1OC. The minimum Gasteiger partial charge on any atom is -0.493 e. The molecule has 212 valence electrons. The number of nitrogen functional groups attached to an aromatic ring is 1. The van der Waals surface area contributed by atoms with Crippen molar-refractivity contribution in [2.45, 2.75) is 51.1 Å². The molecule has 1 aromatic heterocycles. The van der Waals surface area contributed by atoms with Crippen LogP contribution < -0.4 is 26.3 Å². The van der Waals surface area contributed by atoms with Crippen molar-refractivity contribution >= 4 is 34.9 Å². The van der Waals surface area contributed by atoms with Crippen molar-refractivity contribution in [3.63, 3.8) is 0 Å². The molecule has 40 heavy (non-hydrogen) atoms. The van der Waals surface area contributed by atoms with Crippen molar-refractivity contribution < 1.29 is 23.9 Å². The van der Waals surface area contributed by atoms with E-state index in [1.165, 1.54) is 19.1 Å². The molecule has 0 spiro atoms. The van der Waals surface area contributed by atoms with Crippen LogP contribution in [0.4, 0.5) is 5.69 Å². The number of rotatable bonds is 11. The van der Waals surface area contributed by atoms with Crippen LogP contribution in [0.3, 0.4) is 0 Å². The van der Waals surface area contributed by atoms with Gasteiger partial charge in [0.2, 0.25) is 5.91 Å². The van der Waals surface area contributed by atoms with Gasteiger partial charge < -0.3 is 31.2 Å². The van der Waals surface area contributed by atoms with Gasteiger partial charge in [-0.3, -0.25) is 14.4 Å². The standard InChI is InChI=1S/C29H35N5O5S/c1-17-7-6-8-18(15-17)13-14-34(29(37)26-23(30)24(27(31)35)33-40-26)25(28(36)32-20-9-4-5-10-20)19-11-12-21(38-2)22(16-19)39-3/h6-8,11-12,15-16,20,25H,4-5,9-10,13-14,30H2,1-3H3,(H2,31,35)(H,32,36)/t25-/m1/s1. The van der Waals surface area contributed by atoms with Crippen LogP contribution in [-0.2, 0) is 11.2 Å². The van der Waals surface area contributed by atoms with Crippen LogP contribution in [0.2, 0.25) is 0 Å². The molecular formula is C29H35N5O5S. The molecule has 1 atom stereocenters. The lowest BCUT2D eigenvalue weighted by molar-refractivity contribution is -0.126. The van der Waals surface area contributed by atoms with Gasteiger partial charge in [0.15, 0.2) is 17.2 Å². The second kappa shape index (κ2) is 12.8. The third-order valence-corrected chi connectivity index (χ3v) is 7.98. The molecule has 0 radical (unpaired) electrons. The molecule has 3 amide bonds. The Hall–Kier alpha value is -4.12. The van der Waals surface area contributed by atoms with E-state index in [0.717, 1.165) is 48.3 Å². The summed E-state index contributed by atoms with van der Waals surface area (Å²) in [5, 5.41) is 3.15. The Bertz CT molecular complexity index is 1380. The maximum absolute atomic E-state index is 14.2. The first-order valence-corrected chi connectivity index (χ1v) is 13.9. The summed E-state index contributed by atoms with van der Waals surface area (Å²) in [6, 6.07) is 12.1. The number of amides is 3. The smallest absolute Gasteiger partial charge is 0.270 e. The molecule has 5 N–H and O–H groups in total. The fourth-order valence-corrected chi connectivity index (χ4v) is 5.83. The molecule has 1 aliphatic carbocycles. The number of nitrogens with zero attached hydrogens (tertiary/aromatic N) is 2. The number of benzene rings is 2. The van der Waals surface area contributed by atoms with E-state index in [1.54, 1.807) is 18.2 Å². The highest BCUT2D eigenvalue weighted by atomic mass is 32.1. The first kappa shape index (κ1) is 28.9. The van der Waals surface area contributed by atoms with Crippen molar-refractivity contribution in [3.8, 4) is 11.5 Å². The molecule has 2 aromatic carbocycles. The average molecular weight is 566 g/mol. The molecular weight excluding hydrogens is 530 g/mol. The molecule has 1 aliphatic rings. The second-order valence-electron chi connectivity index (χ2n) is 9.88. The monoisotopic (exact) mass is 565 g/mol. The van der Waals surface area contributed by atoms with Crippen molar-refractivity contribution in [2.75, 3.05) is 26.5 Å². The maximum Gasteiger partial charge on any atom is 0.270 e. The van der Waals surface area contributed by atoms with Crippen LogP contribution in [-0.4, -0.2) is 53.8 Å². The lowest BCUT2D eigenvalue weighted by Crippen LogP contribution is -2.46. The number of nitrogens with two attached hydrogens (primary N) is 2. The number of anilines is 1. The van der Waals surface area contributed by atoms with Crippen molar-refractivity contribution in [1.29, 1.82) is 0 Å². The van der Waals surface area contributed by atoms with Crippen LogP contribution in [0.15, 0.2) is 42.5 Å². The molecule has 0 bridgehead atoms. The second-order valence-corrected chi connectivity index (χ2v) is 10.7. The van der Waals surface area contributed by atoms with E-state index < -0.39 is 17.9 Å². The zero-order chi connectivity index (χ0) is 28.8. The molecule has 11 heteroatoms. The number of aryl methyl sites for hydroxylation is 1. The highest BCUT2D eigenvalue weighted by molar-refractivity contribution is 7.09. The van der Waals surface area contributed by atoms with E-state index in [4.69, 9.17) is 20.9 Å². The third kappa shape index (κ3) is 6.36. The fourth-order valence-electron chi connectivity index (χ4n) is 5.07. The van der Waals surface area contributed by atoms with E-state index in [-0.39, 0.29) is 34.8 Å². The van der Waals surface area contributed by atoms with E-state index >= 15 is 0 Å². The number of primary amides is 1. The van der Waals surface area contributed by atoms with Gasteiger partial charge in [-0.05, 0) is 61.0 Å². The number of carbonyl (C=O) groups excluding carboxylic acids is 3. The summed E-state index contributed by atoms with van der Waals surface area (Å²) in [4.78, 5) is 41.5. The first-order chi connectivity index (χ1) is 19.2. The van der Waals surface area contributed by atoms with E-state index in [1.807, 2.05) is 31.2 Å². The minimum atomic E-state index is -1.02. The highest BCUT2D eigenvalue weighted by Gasteiger charge is 2.36. The number of hydrogen-bond acceptors (Lipinski definition) is 8. The maximum atomic E-state index is 14.2. The van der Waals surface area contributed by atoms with Crippen LogP contribution >= 0.6 is 11.5 Å². The summed E-state index contributed by atoms with van der Waals surface area (Å²) < 4.78 is 14.9. The highest BCUT2D eigenvalue weighted by Crippen LogP contribution is 2.35. The summed E-state index contributed by atoms with van der Waals surface area (Å²) in [7, 11) is 3.04. The Morgan fingerprint density at radius 3 is 2.45 bits per heavy atom. The molecule has 1 heterocycles. The molecule has 1 saturated carbocycles. The molecule has 1 fully saturated rings. The largest absolute Gasteiger partial charge is 0.493 e. The topological polar surface area (TPSA) is 150 Å². The Kier molecular flexibility index (Phi) is 9.26. The summed E-state index contributed by atoms with van der Waals surface area (Å²) in [5.74, 6) is -0.726. The Morgan fingerprint density at radius 1 is 1.10 bits per heavy atom. The van der Waals surface area contributed by atoms with Gasteiger partial charge >= 0.3 is 0 Å². The Balaban J connectivity index is 1.80. The van der Waals surface area contributed by atoms with Gasteiger partial charge in [-0.1, -0.05) is 48.7 Å². The van der Waals surface area contributed by atoms with Gasteiger partial charge in [0, 0.05) is 12.6 Å². The Labute approximate surface area is 237 Å². The number of ether oxygens (including phenoxy) is 2. The summed E-state index contributed by atoms with van der Waals surface area (Å²) in [6.45, 7) is 2.19. The van der Waals surface area contributed by atoms with Crippen LogP contribution in [0.25, 0.3) is 0 Å². The average Bonchev–Trinajstić information content (AvgIpc) is 3.59. The van der Waals surface area contributed by atoms with Gasteiger partial charge in [0.25, 0.3) is 11.8 Å². The quantitative estimate of drug-likeness (QED) is 0.321. The van der Waals surface area contributed by atoms with Crippen molar-refractivity contribution in [2.24, 2.45) is 5.73 Å². The molecule has 0 aliphatic heterocycles. The first-order valence-electron chi connectivity index (χ1n) is 13.2. The predicted octanol–water partition coefficient (Wildman–Crippen LogP) is 3.63. The van der Waals surface area contributed by atoms with Crippen molar-refractivity contribution in [1.82, 2.24) is 14.6 Å². The van der Waals surface area contributed by atoms with E-state index in [2.05, 4.69) is 9.69 Å². The van der Waals surface area contributed by atoms with E-state index in [9.17, 15) is 14.4 Å². The van der Waals surface area contributed by atoms with Crippen LogP contribution in [0, 0.1) is 6.92 Å². The zero-order valence-electron chi connectivity index (χ0n) is 22.9. The summed E-state index contributed by atoms with van der Waals surface area (Å²) in [5.41, 5.74) is 14.0. The van der Waals surface area contributed by atoms with Gasteiger partial charge in [-0.2, -0.15) is 4.37 Å². The van der Waals surface area contributed by atoms with Gasteiger partial charge in [-0.15, -0.1) is 0 Å². The molecule has 0 unspecified atom stereocenters. The Morgan fingerprint density at radius 2 is 1.82 bits per heavy atom. The van der Waals surface area contributed by atoms with Gasteiger partial charge in [0.1, 0.15) is 10.9 Å². The number of hydrogen-bond donors (Lipinski definition) is 3. The predicted molar refractivity (Wildman–Crippen MR) is 154 cm³/mol.